The quantitative estimate of drug-likeness (QED) is 0.0968. The number of nitrogens with zero attached hydrogens (tertiary/aromatic N) is 4. The summed E-state index contributed by atoms with van der Waals surface area (Å²) in [5.41, 5.74) is 4.63. The fraction of sp³-hybridized carbons (Fsp3) is 0.625. The number of urea groups is 1. The molecule has 1 aromatic carbocycles. The molecule has 0 spiro atoms. The van der Waals surface area contributed by atoms with E-state index < -0.39 is 29.7 Å². The van der Waals surface area contributed by atoms with Crippen molar-refractivity contribution in [2.24, 2.45) is 17.3 Å². The van der Waals surface area contributed by atoms with Gasteiger partial charge in [0.15, 0.2) is 0 Å². The monoisotopic (exact) mass is 753 g/mol. The van der Waals surface area contributed by atoms with Gasteiger partial charge in [-0.3, -0.25) is 20.0 Å². The van der Waals surface area contributed by atoms with Crippen molar-refractivity contribution in [2.45, 2.75) is 105 Å². The molecule has 3 rings (SSSR count). The molecule has 14 nitrogen and oxygen atoms in total. The molecule has 0 bridgehead atoms. The van der Waals surface area contributed by atoms with Crippen molar-refractivity contribution >= 4 is 23.9 Å². The minimum absolute atomic E-state index is 0.0232. The molecule has 5 atom stereocenters. The SMILES string of the molecule is CC[C@H](C)[C@@H](C(=O)N[C@@H](Cc1ccccc1)[C@@H](O)CN(CCC(C)C)NC(=O)CC(C)(C)CNC(=O)O)N1CCN(Cc2cccc(C(C)CO)n2)C1=O. The molecule has 1 unspecified atom stereocenters. The smallest absolute Gasteiger partial charge is 0.404 e. The zero-order valence-electron chi connectivity index (χ0n) is 33.1. The van der Waals surface area contributed by atoms with Gasteiger partial charge in [0.25, 0.3) is 0 Å². The Morgan fingerprint density at radius 3 is 2.35 bits per heavy atom. The molecule has 14 heteroatoms. The Morgan fingerprint density at radius 1 is 1.02 bits per heavy atom. The highest BCUT2D eigenvalue weighted by Crippen LogP contribution is 2.24. The molecular weight excluding hydrogens is 690 g/mol. The Kier molecular flexibility index (Phi) is 17.2. The number of benzene rings is 1. The molecule has 1 aromatic heterocycles. The largest absolute Gasteiger partial charge is 0.465 e. The maximum atomic E-state index is 14.3. The van der Waals surface area contributed by atoms with Gasteiger partial charge in [-0.05, 0) is 47.8 Å². The Bertz CT molecular complexity index is 1510. The van der Waals surface area contributed by atoms with Crippen LogP contribution in [0.1, 0.15) is 90.6 Å². The maximum absolute atomic E-state index is 14.3. The Labute approximate surface area is 320 Å². The van der Waals surface area contributed by atoms with Gasteiger partial charge < -0.3 is 35.8 Å². The molecular formula is C40H63N7O7. The summed E-state index contributed by atoms with van der Waals surface area (Å²) in [6.07, 6.45) is -0.528. The molecule has 0 saturated carbocycles. The van der Waals surface area contributed by atoms with Gasteiger partial charge in [-0.25, -0.2) is 14.6 Å². The van der Waals surface area contributed by atoms with Crippen LogP contribution in [0.15, 0.2) is 48.5 Å². The highest BCUT2D eigenvalue weighted by molar-refractivity contribution is 5.88. The third-order valence-electron chi connectivity index (χ3n) is 9.99. The second-order valence-corrected chi connectivity index (χ2v) is 15.9. The van der Waals surface area contributed by atoms with Gasteiger partial charge >= 0.3 is 12.1 Å². The van der Waals surface area contributed by atoms with Crippen molar-refractivity contribution in [3.8, 4) is 0 Å². The van der Waals surface area contributed by atoms with E-state index in [-0.39, 0.29) is 62.3 Å². The predicted octanol–water partition coefficient (Wildman–Crippen LogP) is 3.98. The normalized spacial score (nSPS) is 16.2. The minimum Gasteiger partial charge on any atom is -0.465 e. The molecule has 6 N–H and O–H groups in total. The van der Waals surface area contributed by atoms with Crippen LogP contribution in [0.5, 0.6) is 0 Å². The van der Waals surface area contributed by atoms with Gasteiger partial charge in [-0.2, -0.15) is 0 Å². The van der Waals surface area contributed by atoms with E-state index in [9.17, 15) is 29.4 Å². The first-order valence-corrected chi connectivity index (χ1v) is 19.2. The molecule has 2 heterocycles. The Hall–Kier alpha value is -4.27. The maximum Gasteiger partial charge on any atom is 0.404 e. The van der Waals surface area contributed by atoms with E-state index in [0.717, 1.165) is 17.7 Å². The van der Waals surface area contributed by atoms with Crippen LogP contribution >= 0.6 is 0 Å². The van der Waals surface area contributed by atoms with Crippen LogP contribution in [0, 0.1) is 17.3 Å². The number of pyridine rings is 1. The number of aromatic nitrogens is 1. The van der Waals surface area contributed by atoms with Crippen molar-refractivity contribution in [3.05, 3.63) is 65.5 Å². The van der Waals surface area contributed by atoms with E-state index in [2.05, 4.69) is 34.9 Å². The molecule has 1 fully saturated rings. The van der Waals surface area contributed by atoms with E-state index in [1.165, 1.54) is 0 Å². The second kappa shape index (κ2) is 21.0. The zero-order chi connectivity index (χ0) is 40.0. The van der Waals surface area contributed by atoms with E-state index >= 15 is 0 Å². The first kappa shape index (κ1) is 44.1. The molecule has 0 aliphatic carbocycles. The third-order valence-corrected chi connectivity index (χ3v) is 9.99. The fourth-order valence-electron chi connectivity index (χ4n) is 6.49. The molecule has 5 amide bonds. The zero-order valence-corrected chi connectivity index (χ0v) is 33.1. The first-order valence-electron chi connectivity index (χ1n) is 19.2. The molecule has 0 radical (unpaired) electrons. The van der Waals surface area contributed by atoms with Gasteiger partial charge in [0.1, 0.15) is 6.04 Å². The number of carbonyl (C=O) groups is 4. The molecule has 1 saturated heterocycles. The summed E-state index contributed by atoms with van der Waals surface area (Å²) in [5, 5.41) is 37.6. The van der Waals surface area contributed by atoms with Crippen molar-refractivity contribution in [3.63, 3.8) is 0 Å². The van der Waals surface area contributed by atoms with Crippen LogP contribution in [0.2, 0.25) is 0 Å². The van der Waals surface area contributed by atoms with Gasteiger partial charge in [0.05, 0.1) is 31.0 Å². The Balaban J connectivity index is 1.81. The summed E-state index contributed by atoms with van der Waals surface area (Å²) in [7, 11) is 0. The lowest BCUT2D eigenvalue weighted by atomic mass is 9.89. The summed E-state index contributed by atoms with van der Waals surface area (Å²) in [4.78, 5) is 60.5. The third kappa shape index (κ3) is 13.9. The van der Waals surface area contributed by atoms with Gasteiger partial charge in [-0.1, -0.05) is 91.3 Å². The second-order valence-electron chi connectivity index (χ2n) is 15.9. The number of carboxylic acid groups (broad SMARTS) is 1. The van der Waals surface area contributed by atoms with Crippen LogP contribution in [-0.4, -0.2) is 117 Å². The van der Waals surface area contributed by atoms with E-state index in [0.29, 0.717) is 44.1 Å². The van der Waals surface area contributed by atoms with Gasteiger partial charge in [0.2, 0.25) is 11.8 Å². The summed E-state index contributed by atoms with van der Waals surface area (Å²) in [5.74, 6) is -0.675. The van der Waals surface area contributed by atoms with Crippen LogP contribution in [-0.2, 0) is 22.6 Å². The number of amides is 5. The highest BCUT2D eigenvalue weighted by Gasteiger charge is 2.41. The van der Waals surface area contributed by atoms with E-state index in [4.69, 9.17) is 5.11 Å². The minimum atomic E-state index is -1.16. The number of aliphatic hydroxyl groups excluding tert-OH is 2. The number of nitrogens with one attached hydrogen (secondary N) is 3. The van der Waals surface area contributed by atoms with Crippen LogP contribution in [0.3, 0.4) is 0 Å². The van der Waals surface area contributed by atoms with E-state index in [1.54, 1.807) is 28.7 Å². The van der Waals surface area contributed by atoms with Crippen LogP contribution in [0.4, 0.5) is 9.59 Å². The number of rotatable bonds is 22. The van der Waals surface area contributed by atoms with Crippen LogP contribution in [0.25, 0.3) is 0 Å². The Morgan fingerprint density at radius 2 is 1.72 bits per heavy atom. The van der Waals surface area contributed by atoms with Crippen molar-refractivity contribution in [1.82, 2.24) is 35.9 Å². The van der Waals surface area contributed by atoms with Gasteiger partial charge in [0, 0.05) is 50.8 Å². The first-order chi connectivity index (χ1) is 25.5. The number of hydrogen-bond acceptors (Lipinski definition) is 8. The standard InChI is InChI=1S/C40H63N7O7/c1-8-28(4)36(47-20-19-45(39(47)54)23-31-15-12-16-32(42-31)29(5)25-48)37(51)43-33(21-30-13-10-9-11-14-30)34(49)24-46(18-17-27(2)3)44-35(50)22-40(6,7)26-41-38(52)53/h9-16,27-29,33-34,36,41,48-49H,8,17-26H2,1-7H3,(H,43,51)(H,44,50)(H,52,53)/t28-,29?,33-,34-,36-/m0/s1. The topological polar surface area (TPSA) is 188 Å². The lowest BCUT2D eigenvalue weighted by Gasteiger charge is -2.35. The molecule has 300 valence electrons. The number of aliphatic hydroxyl groups is 2. The average molecular weight is 754 g/mol. The average Bonchev–Trinajstić information content (AvgIpc) is 3.47. The molecule has 1 aliphatic heterocycles. The predicted molar refractivity (Wildman–Crippen MR) is 207 cm³/mol. The van der Waals surface area contributed by atoms with Crippen molar-refractivity contribution in [1.29, 1.82) is 0 Å². The summed E-state index contributed by atoms with van der Waals surface area (Å²) >= 11 is 0. The summed E-state index contributed by atoms with van der Waals surface area (Å²) in [6, 6.07) is 13.3. The van der Waals surface area contributed by atoms with E-state index in [1.807, 2.05) is 69.3 Å². The number of carbonyl (C=O) groups excluding carboxylic acids is 3. The lowest BCUT2D eigenvalue weighted by Crippen LogP contribution is -2.58. The molecule has 54 heavy (non-hydrogen) atoms. The number of hydrogen-bond donors (Lipinski definition) is 6. The summed E-state index contributed by atoms with van der Waals surface area (Å²) in [6.45, 7) is 15.1. The van der Waals surface area contributed by atoms with Crippen molar-refractivity contribution < 1.29 is 34.5 Å². The fourth-order valence-corrected chi connectivity index (χ4v) is 6.49. The highest BCUT2D eigenvalue weighted by atomic mass is 16.4. The molecule has 2 aromatic rings. The number of hydrazine groups is 1. The summed E-state index contributed by atoms with van der Waals surface area (Å²) < 4.78 is 0. The van der Waals surface area contributed by atoms with Gasteiger partial charge in [-0.15, -0.1) is 0 Å². The van der Waals surface area contributed by atoms with Crippen molar-refractivity contribution in [2.75, 3.05) is 39.3 Å². The lowest BCUT2D eigenvalue weighted by molar-refractivity contribution is -0.131. The molecule has 1 aliphatic rings. The van der Waals surface area contributed by atoms with Crippen LogP contribution < -0.4 is 16.1 Å².